The van der Waals surface area contributed by atoms with E-state index in [-0.39, 0.29) is 25.1 Å². The summed E-state index contributed by atoms with van der Waals surface area (Å²) >= 11 is 0. The largest absolute Gasteiger partial charge is 0.462 e. The summed E-state index contributed by atoms with van der Waals surface area (Å²) in [7, 11) is -2.25. The van der Waals surface area contributed by atoms with Gasteiger partial charge in [-0.3, -0.25) is 0 Å². The Balaban J connectivity index is 2.02. The fourth-order valence-corrected chi connectivity index (χ4v) is 14.4. The van der Waals surface area contributed by atoms with E-state index in [1.54, 1.807) is 6.92 Å². The zero-order valence-corrected chi connectivity index (χ0v) is 32.0. The van der Waals surface area contributed by atoms with Crippen LogP contribution in [-0.2, 0) is 23.5 Å². The summed E-state index contributed by atoms with van der Waals surface area (Å²) in [4.78, 5) is 25.8. The first kappa shape index (κ1) is 39.8. The minimum absolute atomic E-state index is 0.0419. The Morgan fingerprint density at radius 3 is 1.67 bits per heavy atom. The molecule has 2 saturated carbocycles. The van der Waals surface area contributed by atoms with Crippen molar-refractivity contribution in [3.8, 4) is 0 Å². The van der Waals surface area contributed by atoms with Gasteiger partial charge in [-0.15, -0.1) is 0 Å². The van der Waals surface area contributed by atoms with Gasteiger partial charge >= 0.3 is 11.9 Å². The lowest BCUT2D eigenvalue weighted by Gasteiger charge is -2.47. The maximum atomic E-state index is 13.5. The van der Waals surface area contributed by atoms with E-state index >= 15 is 0 Å². The lowest BCUT2D eigenvalue weighted by molar-refractivity contribution is -0.147. The fraction of sp³-hybridized carbons (Fsp3) is 0.846. The summed E-state index contributed by atoms with van der Waals surface area (Å²) in [5.74, 6) is 2.11. The Morgan fingerprint density at radius 2 is 1.22 bits per heavy atom. The molecular weight excluding hydrogens is 577 g/mol. The molecule has 6 heteroatoms. The van der Waals surface area contributed by atoms with Crippen LogP contribution >= 0.6 is 0 Å². The molecule has 0 N–H and O–H groups in total. The molecule has 5 nitrogen and oxygen atoms in total. The fourth-order valence-electron chi connectivity index (χ4n) is 8.72. The molecule has 1 atom stereocenters. The van der Waals surface area contributed by atoms with Crippen molar-refractivity contribution >= 4 is 20.3 Å². The van der Waals surface area contributed by atoms with Crippen LogP contribution in [0.15, 0.2) is 24.3 Å². The molecule has 0 aromatic carbocycles. The molecule has 0 aromatic heterocycles. The van der Waals surface area contributed by atoms with Gasteiger partial charge in [0.2, 0.25) is 8.32 Å². The van der Waals surface area contributed by atoms with Crippen LogP contribution in [0.25, 0.3) is 0 Å². The molecular formula is C39H70O5Si. The van der Waals surface area contributed by atoms with E-state index in [2.05, 4.69) is 61.6 Å². The van der Waals surface area contributed by atoms with Crippen molar-refractivity contribution in [2.45, 2.75) is 169 Å². The van der Waals surface area contributed by atoms with Gasteiger partial charge in [-0.05, 0) is 99.6 Å². The van der Waals surface area contributed by atoms with Gasteiger partial charge in [-0.25, -0.2) is 9.59 Å². The third-order valence-corrected chi connectivity index (χ3v) is 17.9. The minimum Gasteiger partial charge on any atom is -0.462 e. The summed E-state index contributed by atoms with van der Waals surface area (Å²) in [6.07, 6.45) is 15.7. The van der Waals surface area contributed by atoms with Crippen molar-refractivity contribution < 1.29 is 23.5 Å². The monoisotopic (exact) mass is 646 g/mol. The van der Waals surface area contributed by atoms with Crippen LogP contribution in [0.4, 0.5) is 0 Å². The van der Waals surface area contributed by atoms with Crippen molar-refractivity contribution in [3.05, 3.63) is 24.3 Å². The molecule has 0 amide bonds. The van der Waals surface area contributed by atoms with Gasteiger partial charge in [0.25, 0.3) is 0 Å². The standard InChI is InChI=1S/C39H70O5Si/c1-13-14-15-16-32-17-19-33(20-18-32)34-21-23-35(24-22-34)36(25-42-37(40)27(2)3)26-43-38(41)31(10)39(11,12)44-45(28(4)5,29(6)7)30(8)9/h28-30,32-36H,2,10,13-26H2,1,3-9,11-12H3. The van der Waals surface area contributed by atoms with Crippen LogP contribution in [0.3, 0.4) is 0 Å². The van der Waals surface area contributed by atoms with Crippen LogP contribution in [0.5, 0.6) is 0 Å². The number of esters is 2. The highest BCUT2D eigenvalue weighted by molar-refractivity contribution is 6.77. The molecule has 2 fully saturated rings. The maximum absolute atomic E-state index is 13.5. The molecule has 0 spiro atoms. The van der Waals surface area contributed by atoms with Crippen molar-refractivity contribution in [1.29, 1.82) is 0 Å². The number of carbonyl (C=O) groups is 2. The Hall–Kier alpha value is -1.40. The van der Waals surface area contributed by atoms with Crippen LogP contribution < -0.4 is 0 Å². The molecule has 0 aromatic rings. The summed E-state index contributed by atoms with van der Waals surface area (Å²) in [5, 5.41) is 0. The number of rotatable bonds is 18. The van der Waals surface area contributed by atoms with Gasteiger partial charge in [0.15, 0.2) is 0 Å². The van der Waals surface area contributed by atoms with Crippen molar-refractivity contribution in [3.63, 3.8) is 0 Å². The van der Waals surface area contributed by atoms with E-state index in [9.17, 15) is 9.59 Å². The Labute approximate surface area is 278 Å². The number of carbonyl (C=O) groups excluding carboxylic acids is 2. The van der Waals surface area contributed by atoms with Gasteiger partial charge in [0.1, 0.15) is 0 Å². The lowest BCUT2D eigenvalue weighted by atomic mass is 9.67. The quantitative estimate of drug-likeness (QED) is 0.0642. The smallest absolute Gasteiger partial charge is 0.336 e. The molecule has 0 heterocycles. The number of ether oxygens (including phenoxy) is 2. The van der Waals surface area contributed by atoms with E-state index in [1.165, 1.54) is 64.2 Å². The summed E-state index contributed by atoms with van der Waals surface area (Å²) in [6.45, 7) is 29.7. The second kappa shape index (κ2) is 18.2. The number of unbranched alkanes of at least 4 members (excludes halogenated alkanes) is 2. The Bertz CT molecular complexity index is 929. The van der Waals surface area contributed by atoms with Crippen LogP contribution in [0.1, 0.15) is 146 Å². The molecule has 0 aliphatic heterocycles. The maximum Gasteiger partial charge on any atom is 0.336 e. The average Bonchev–Trinajstić information content (AvgIpc) is 2.99. The van der Waals surface area contributed by atoms with E-state index in [0.29, 0.717) is 33.7 Å². The van der Waals surface area contributed by atoms with Crippen LogP contribution in [0.2, 0.25) is 16.6 Å². The normalized spacial score (nSPS) is 23.7. The SMILES string of the molecule is C=C(C)C(=O)OCC(COC(=O)C(=C)C(C)(C)O[Si](C(C)C)(C(C)C)C(C)C)C1CCC(C2CCC(CCCCC)CC2)CC1. The predicted molar refractivity (Wildman–Crippen MR) is 191 cm³/mol. The van der Waals surface area contributed by atoms with E-state index in [1.807, 2.05) is 13.8 Å². The molecule has 0 radical (unpaired) electrons. The molecule has 1 unspecified atom stereocenters. The molecule has 2 aliphatic carbocycles. The first-order chi connectivity index (χ1) is 21.1. The number of hydrogen-bond acceptors (Lipinski definition) is 5. The summed E-state index contributed by atoms with van der Waals surface area (Å²) in [5.41, 5.74) is 1.09. The molecule has 0 saturated heterocycles. The van der Waals surface area contributed by atoms with E-state index < -0.39 is 19.9 Å². The Morgan fingerprint density at radius 1 is 0.756 bits per heavy atom. The predicted octanol–water partition coefficient (Wildman–Crippen LogP) is 11.0. The molecule has 260 valence electrons. The zero-order valence-electron chi connectivity index (χ0n) is 31.0. The first-order valence-corrected chi connectivity index (χ1v) is 20.6. The Kier molecular flexibility index (Phi) is 16.1. The van der Waals surface area contributed by atoms with Gasteiger partial charge < -0.3 is 13.9 Å². The van der Waals surface area contributed by atoms with Crippen molar-refractivity contribution in [2.75, 3.05) is 13.2 Å². The molecule has 2 aliphatic rings. The van der Waals surface area contributed by atoms with Gasteiger partial charge in [-0.2, -0.15) is 0 Å². The van der Waals surface area contributed by atoms with Gasteiger partial charge in [-0.1, -0.05) is 100 Å². The average molecular weight is 647 g/mol. The second-order valence-electron chi connectivity index (χ2n) is 16.1. The van der Waals surface area contributed by atoms with Gasteiger partial charge in [0, 0.05) is 11.5 Å². The van der Waals surface area contributed by atoms with E-state index in [4.69, 9.17) is 13.9 Å². The van der Waals surface area contributed by atoms with E-state index in [0.717, 1.165) is 30.6 Å². The lowest BCUT2D eigenvalue weighted by Crippen LogP contribution is -2.54. The minimum atomic E-state index is -2.25. The third-order valence-electron chi connectivity index (χ3n) is 11.6. The highest BCUT2D eigenvalue weighted by atomic mass is 28.4. The molecule has 45 heavy (non-hydrogen) atoms. The first-order valence-electron chi connectivity index (χ1n) is 18.5. The zero-order chi connectivity index (χ0) is 33.9. The highest BCUT2D eigenvalue weighted by Crippen LogP contribution is 2.46. The molecule has 0 bridgehead atoms. The topological polar surface area (TPSA) is 61.8 Å². The van der Waals surface area contributed by atoms with Crippen molar-refractivity contribution in [1.82, 2.24) is 0 Å². The third kappa shape index (κ3) is 11.1. The van der Waals surface area contributed by atoms with Crippen LogP contribution in [-0.4, -0.2) is 39.1 Å². The highest BCUT2D eigenvalue weighted by Gasteiger charge is 2.49. The van der Waals surface area contributed by atoms with Crippen molar-refractivity contribution in [2.24, 2.45) is 29.6 Å². The summed E-state index contributed by atoms with van der Waals surface area (Å²) < 4.78 is 18.6. The van der Waals surface area contributed by atoms with Crippen LogP contribution in [0, 0.1) is 29.6 Å². The number of hydrogen-bond donors (Lipinski definition) is 0. The summed E-state index contributed by atoms with van der Waals surface area (Å²) in [6, 6.07) is 0. The van der Waals surface area contributed by atoms with Gasteiger partial charge in [0.05, 0.1) is 24.4 Å². The molecule has 2 rings (SSSR count). The second-order valence-corrected chi connectivity index (χ2v) is 21.5.